The maximum atomic E-state index is 14.7. The van der Waals surface area contributed by atoms with E-state index < -0.39 is 46.7 Å². The fraction of sp³-hybridized carbons (Fsp3) is 0.292. The number of hydrogen-bond donors (Lipinski definition) is 1. The number of aromatic nitrogens is 2. The number of benzene rings is 2. The van der Waals surface area contributed by atoms with Crippen LogP contribution in [0.2, 0.25) is 5.02 Å². The summed E-state index contributed by atoms with van der Waals surface area (Å²) in [6.45, 7) is 3.00. The minimum atomic E-state index is -4.98. The zero-order valence-electron chi connectivity index (χ0n) is 19.7. The first kappa shape index (κ1) is 27.8. The molecule has 37 heavy (non-hydrogen) atoms. The Morgan fingerprint density at radius 1 is 1.14 bits per heavy atom. The number of carboxylic acid groups (broad SMARTS) is 1. The SMILES string of the molecule is CCc1ccc(COc2cc(-n3c(=O)cc(C(F)(F)F)n(C)c3=O)c(F)cc2Cl)c(OC(C)C(=O)O)c1. The number of aryl methyl sites for hydroxylation is 1. The van der Waals surface area contributed by atoms with Gasteiger partial charge in [0.05, 0.1) is 10.7 Å². The molecule has 1 unspecified atom stereocenters. The zero-order valence-corrected chi connectivity index (χ0v) is 20.5. The molecule has 1 heterocycles. The molecule has 0 aliphatic carbocycles. The third-order valence-corrected chi connectivity index (χ3v) is 5.72. The lowest BCUT2D eigenvalue weighted by Crippen LogP contribution is -2.41. The van der Waals surface area contributed by atoms with Crippen molar-refractivity contribution in [1.29, 1.82) is 0 Å². The van der Waals surface area contributed by atoms with Crippen molar-refractivity contribution in [2.24, 2.45) is 7.05 Å². The zero-order chi connectivity index (χ0) is 27.7. The topological polar surface area (TPSA) is 99.8 Å². The third-order valence-electron chi connectivity index (χ3n) is 5.43. The van der Waals surface area contributed by atoms with Gasteiger partial charge in [0.15, 0.2) is 6.10 Å². The molecule has 0 spiro atoms. The number of halogens is 5. The molecule has 0 fully saturated rings. The van der Waals surface area contributed by atoms with Gasteiger partial charge in [-0.3, -0.25) is 9.36 Å². The molecule has 0 amide bonds. The Morgan fingerprint density at radius 2 is 1.81 bits per heavy atom. The Balaban J connectivity index is 2.02. The van der Waals surface area contributed by atoms with Crippen molar-refractivity contribution >= 4 is 17.6 Å². The minimum Gasteiger partial charge on any atom is -0.487 e. The van der Waals surface area contributed by atoms with Gasteiger partial charge in [-0.25, -0.2) is 18.5 Å². The summed E-state index contributed by atoms with van der Waals surface area (Å²) in [5.74, 6) is -2.31. The van der Waals surface area contributed by atoms with Crippen molar-refractivity contribution in [1.82, 2.24) is 9.13 Å². The molecule has 3 aromatic rings. The van der Waals surface area contributed by atoms with E-state index in [0.717, 1.165) is 24.7 Å². The van der Waals surface area contributed by atoms with E-state index in [2.05, 4.69) is 0 Å². The number of rotatable bonds is 8. The van der Waals surface area contributed by atoms with Crippen molar-refractivity contribution in [2.75, 3.05) is 0 Å². The Kier molecular flexibility index (Phi) is 8.01. The van der Waals surface area contributed by atoms with Crippen LogP contribution < -0.4 is 20.7 Å². The molecule has 2 aromatic carbocycles. The van der Waals surface area contributed by atoms with Crippen LogP contribution in [-0.2, 0) is 31.0 Å². The maximum Gasteiger partial charge on any atom is 0.431 e. The van der Waals surface area contributed by atoms with E-state index in [0.29, 0.717) is 12.0 Å². The van der Waals surface area contributed by atoms with Gasteiger partial charge in [-0.05, 0) is 31.0 Å². The second kappa shape index (κ2) is 10.7. The number of hydrogen-bond acceptors (Lipinski definition) is 5. The van der Waals surface area contributed by atoms with Gasteiger partial charge in [-0.1, -0.05) is 30.7 Å². The fourth-order valence-electron chi connectivity index (χ4n) is 3.36. The Labute approximate surface area is 212 Å². The van der Waals surface area contributed by atoms with E-state index in [1.807, 2.05) is 6.92 Å². The van der Waals surface area contributed by atoms with Gasteiger partial charge in [0.25, 0.3) is 5.56 Å². The maximum absolute atomic E-state index is 14.7. The van der Waals surface area contributed by atoms with Crippen LogP contribution in [0.1, 0.15) is 30.7 Å². The van der Waals surface area contributed by atoms with E-state index in [1.165, 1.54) is 6.92 Å². The third kappa shape index (κ3) is 5.96. The van der Waals surface area contributed by atoms with Gasteiger partial charge >= 0.3 is 17.8 Å². The first-order valence-corrected chi connectivity index (χ1v) is 11.2. The largest absolute Gasteiger partial charge is 0.487 e. The Hall–Kier alpha value is -3.80. The lowest BCUT2D eigenvalue weighted by Gasteiger charge is -2.17. The standard InChI is InChI=1S/C24H21ClF4N2O6/c1-4-13-5-6-14(18(7-13)37-12(2)22(33)34)11-36-19-9-17(16(26)8-15(19)25)31-21(32)10-20(24(27,28)29)30(3)23(31)35/h5-10,12H,4,11H2,1-3H3,(H,33,34). The minimum absolute atomic E-state index is 0.179. The molecule has 1 atom stereocenters. The van der Waals surface area contributed by atoms with E-state index in [1.54, 1.807) is 18.2 Å². The number of alkyl halides is 3. The molecule has 0 bridgehead atoms. The highest BCUT2D eigenvalue weighted by molar-refractivity contribution is 6.32. The van der Waals surface area contributed by atoms with Crippen LogP contribution in [0.4, 0.5) is 17.6 Å². The quantitative estimate of drug-likeness (QED) is 0.424. The highest BCUT2D eigenvalue weighted by atomic mass is 35.5. The van der Waals surface area contributed by atoms with Crippen LogP contribution in [0.25, 0.3) is 5.69 Å². The summed E-state index contributed by atoms with van der Waals surface area (Å²) in [6, 6.07) is 6.88. The molecule has 0 aliphatic rings. The van der Waals surface area contributed by atoms with Crippen LogP contribution >= 0.6 is 11.6 Å². The van der Waals surface area contributed by atoms with Gasteiger partial charge in [-0.15, -0.1) is 0 Å². The average Bonchev–Trinajstić information content (AvgIpc) is 2.81. The lowest BCUT2D eigenvalue weighted by atomic mass is 10.1. The van der Waals surface area contributed by atoms with Crippen LogP contribution in [0.15, 0.2) is 46.0 Å². The van der Waals surface area contributed by atoms with Gasteiger partial charge in [0.2, 0.25) is 0 Å². The van der Waals surface area contributed by atoms with E-state index in [-0.39, 0.29) is 38.3 Å². The average molecular weight is 545 g/mol. The molecule has 0 saturated carbocycles. The molecule has 1 N–H and O–H groups in total. The predicted octanol–water partition coefficient (Wildman–Crippen LogP) is 4.34. The normalized spacial score (nSPS) is 12.3. The Bertz CT molecular complexity index is 1470. The van der Waals surface area contributed by atoms with Crippen LogP contribution in [0.5, 0.6) is 11.5 Å². The molecule has 13 heteroatoms. The number of carboxylic acids is 1. The molecule has 0 radical (unpaired) electrons. The molecular formula is C24H21ClF4N2O6. The molecule has 198 valence electrons. The van der Waals surface area contributed by atoms with Crippen molar-refractivity contribution in [3.63, 3.8) is 0 Å². The van der Waals surface area contributed by atoms with Gasteiger partial charge < -0.3 is 14.6 Å². The second-order valence-corrected chi connectivity index (χ2v) is 8.37. The number of ether oxygens (including phenoxy) is 2. The molecular weight excluding hydrogens is 524 g/mol. The summed E-state index contributed by atoms with van der Waals surface area (Å²) >= 11 is 6.07. The summed E-state index contributed by atoms with van der Waals surface area (Å²) in [4.78, 5) is 36.2. The van der Waals surface area contributed by atoms with E-state index in [9.17, 15) is 31.9 Å². The van der Waals surface area contributed by atoms with Crippen LogP contribution in [0.3, 0.4) is 0 Å². The summed E-state index contributed by atoms with van der Waals surface area (Å²) in [6.07, 6.45) is -5.51. The Morgan fingerprint density at radius 3 is 2.41 bits per heavy atom. The van der Waals surface area contributed by atoms with Crippen LogP contribution in [0, 0.1) is 5.82 Å². The van der Waals surface area contributed by atoms with E-state index >= 15 is 0 Å². The second-order valence-electron chi connectivity index (χ2n) is 7.96. The summed E-state index contributed by atoms with van der Waals surface area (Å²) in [5, 5.41) is 8.92. The number of carbonyl (C=O) groups is 1. The van der Waals surface area contributed by atoms with Gasteiger partial charge in [0.1, 0.15) is 29.6 Å². The first-order valence-electron chi connectivity index (χ1n) is 10.8. The van der Waals surface area contributed by atoms with Crippen molar-refractivity contribution in [3.8, 4) is 17.2 Å². The van der Waals surface area contributed by atoms with Crippen molar-refractivity contribution < 1.29 is 36.9 Å². The first-order chi connectivity index (χ1) is 17.2. The smallest absolute Gasteiger partial charge is 0.431 e. The van der Waals surface area contributed by atoms with Crippen LogP contribution in [-0.4, -0.2) is 26.3 Å². The molecule has 0 saturated heterocycles. The number of nitrogens with zero attached hydrogens (tertiary/aromatic N) is 2. The van der Waals surface area contributed by atoms with Crippen molar-refractivity contribution in [2.45, 2.75) is 39.2 Å². The molecule has 8 nitrogen and oxygen atoms in total. The van der Waals surface area contributed by atoms with Gasteiger partial charge in [-0.2, -0.15) is 13.2 Å². The summed E-state index contributed by atoms with van der Waals surface area (Å²) in [5.41, 5.74) is -3.73. The summed E-state index contributed by atoms with van der Waals surface area (Å²) < 4.78 is 65.7. The highest BCUT2D eigenvalue weighted by Gasteiger charge is 2.35. The highest BCUT2D eigenvalue weighted by Crippen LogP contribution is 2.32. The number of aliphatic carboxylic acids is 1. The van der Waals surface area contributed by atoms with Gasteiger partial charge in [0, 0.05) is 24.7 Å². The summed E-state index contributed by atoms with van der Waals surface area (Å²) in [7, 11) is 0.798. The van der Waals surface area contributed by atoms with Crippen molar-refractivity contribution in [3.05, 3.63) is 84.9 Å². The molecule has 0 aliphatic heterocycles. The lowest BCUT2D eigenvalue weighted by molar-refractivity contribution is -0.144. The predicted molar refractivity (Wildman–Crippen MR) is 125 cm³/mol. The molecule has 3 rings (SSSR count). The monoisotopic (exact) mass is 544 g/mol. The fourth-order valence-corrected chi connectivity index (χ4v) is 3.57. The molecule has 1 aromatic heterocycles. The van der Waals surface area contributed by atoms with E-state index in [4.69, 9.17) is 26.2 Å².